The number of nitrogens with one attached hydrogen (secondary N) is 1. The smallest absolute Gasteiger partial charge is 0.251 e. The molecule has 0 atom stereocenters. The Balaban J connectivity index is 1.95. The molecule has 0 spiro atoms. The lowest BCUT2D eigenvalue weighted by Gasteiger charge is -2.14. The Labute approximate surface area is 147 Å². The fourth-order valence-electron chi connectivity index (χ4n) is 2.23. The minimum atomic E-state index is -0.140. The van der Waals surface area contributed by atoms with Crippen molar-refractivity contribution in [1.82, 2.24) is 5.32 Å². The zero-order valence-electron chi connectivity index (χ0n) is 14.1. The lowest BCUT2D eigenvalue weighted by Crippen LogP contribution is -2.25. The topological polar surface area (TPSA) is 47.6 Å². The number of halogens is 1. The zero-order chi connectivity index (χ0) is 17.5. The fourth-order valence-corrected chi connectivity index (χ4v) is 2.36. The normalized spacial score (nSPS) is 10.5. The van der Waals surface area contributed by atoms with E-state index in [0.29, 0.717) is 28.6 Å². The van der Waals surface area contributed by atoms with Crippen LogP contribution in [0.4, 0.5) is 0 Å². The maximum absolute atomic E-state index is 12.3. The highest BCUT2D eigenvalue weighted by molar-refractivity contribution is 6.30. The molecule has 0 radical (unpaired) electrons. The van der Waals surface area contributed by atoms with Crippen LogP contribution in [0.1, 0.15) is 29.8 Å². The minimum Gasteiger partial charge on any atom is -0.493 e. The van der Waals surface area contributed by atoms with Gasteiger partial charge in [0.15, 0.2) is 11.5 Å². The first-order valence-electron chi connectivity index (χ1n) is 7.87. The summed E-state index contributed by atoms with van der Waals surface area (Å²) in [5.41, 5.74) is 1.66. The van der Waals surface area contributed by atoms with Crippen molar-refractivity contribution in [3.05, 3.63) is 58.6 Å². The molecule has 5 heteroatoms. The van der Waals surface area contributed by atoms with Gasteiger partial charge < -0.3 is 14.8 Å². The molecule has 0 unspecified atom stereocenters. The quantitative estimate of drug-likeness (QED) is 0.820. The Morgan fingerprint density at radius 3 is 2.46 bits per heavy atom. The number of amides is 1. The summed E-state index contributed by atoms with van der Waals surface area (Å²) in [6, 6.07) is 12.8. The molecule has 1 N–H and O–H groups in total. The van der Waals surface area contributed by atoms with Crippen molar-refractivity contribution in [2.45, 2.75) is 26.4 Å². The first kappa shape index (κ1) is 18.1. The molecule has 4 nitrogen and oxygen atoms in total. The van der Waals surface area contributed by atoms with E-state index in [-0.39, 0.29) is 12.0 Å². The van der Waals surface area contributed by atoms with E-state index >= 15 is 0 Å². The molecular weight excluding hydrogens is 326 g/mol. The highest BCUT2D eigenvalue weighted by atomic mass is 35.5. The average molecular weight is 348 g/mol. The van der Waals surface area contributed by atoms with Gasteiger partial charge in [0, 0.05) is 17.1 Å². The Bertz CT molecular complexity index is 684. The van der Waals surface area contributed by atoms with E-state index in [1.807, 2.05) is 38.1 Å². The highest BCUT2D eigenvalue weighted by Gasteiger charge is 2.12. The van der Waals surface area contributed by atoms with Crippen LogP contribution < -0.4 is 14.8 Å². The van der Waals surface area contributed by atoms with Gasteiger partial charge in [-0.3, -0.25) is 4.79 Å². The summed E-state index contributed by atoms with van der Waals surface area (Å²) < 4.78 is 11.0. The molecule has 0 aliphatic heterocycles. The van der Waals surface area contributed by atoms with Crippen LogP contribution in [0.25, 0.3) is 0 Å². The Hall–Kier alpha value is -2.20. The molecule has 0 bridgehead atoms. The summed E-state index contributed by atoms with van der Waals surface area (Å²) in [6.45, 7) is 4.43. The minimum absolute atomic E-state index is 0.0398. The van der Waals surface area contributed by atoms with Gasteiger partial charge in [-0.05, 0) is 56.2 Å². The van der Waals surface area contributed by atoms with Crippen molar-refractivity contribution in [2.24, 2.45) is 0 Å². The van der Waals surface area contributed by atoms with Gasteiger partial charge >= 0.3 is 0 Å². The molecule has 0 heterocycles. The maximum atomic E-state index is 12.3. The first-order valence-corrected chi connectivity index (χ1v) is 8.24. The summed E-state index contributed by atoms with van der Waals surface area (Å²) >= 11 is 5.86. The van der Waals surface area contributed by atoms with Gasteiger partial charge in [0.2, 0.25) is 0 Å². The molecule has 0 fully saturated rings. The fraction of sp³-hybridized carbons (Fsp3) is 0.316. The van der Waals surface area contributed by atoms with Gasteiger partial charge in [-0.2, -0.15) is 0 Å². The number of ether oxygens (including phenoxy) is 2. The average Bonchev–Trinajstić information content (AvgIpc) is 2.56. The van der Waals surface area contributed by atoms with Crippen LogP contribution in [0.15, 0.2) is 42.5 Å². The van der Waals surface area contributed by atoms with E-state index < -0.39 is 0 Å². The third-order valence-corrected chi connectivity index (χ3v) is 3.65. The lowest BCUT2D eigenvalue weighted by atomic mass is 10.1. The van der Waals surface area contributed by atoms with Gasteiger partial charge in [-0.25, -0.2) is 0 Å². The van der Waals surface area contributed by atoms with E-state index in [2.05, 4.69) is 5.32 Å². The van der Waals surface area contributed by atoms with Gasteiger partial charge in [0.25, 0.3) is 5.91 Å². The summed E-state index contributed by atoms with van der Waals surface area (Å²) in [5.74, 6) is 1.04. The number of hydrogen-bond donors (Lipinski definition) is 1. The van der Waals surface area contributed by atoms with Crippen molar-refractivity contribution >= 4 is 17.5 Å². The third kappa shape index (κ3) is 5.17. The third-order valence-electron chi connectivity index (χ3n) is 3.40. The van der Waals surface area contributed by atoms with Gasteiger partial charge in [0.05, 0.1) is 13.2 Å². The molecule has 2 rings (SSSR count). The van der Waals surface area contributed by atoms with E-state index in [4.69, 9.17) is 21.1 Å². The number of rotatable bonds is 7. The SMILES string of the molecule is COc1cc(C(=O)NCCc2ccc(Cl)cc2)ccc1OC(C)C. The van der Waals surface area contributed by atoms with Crippen molar-refractivity contribution in [2.75, 3.05) is 13.7 Å². The summed E-state index contributed by atoms with van der Waals surface area (Å²) in [5, 5.41) is 3.61. The zero-order valence-corrected chi connectivity index (χ0v) is 14.9. The van der Waals surface area contributed by atoms with E-state index in [0.717, 1.165) is 12.0 Å². The second-order valence-corrected chi connectivity index (χ2v) is 6.10. The summed E-state index contributed by atoms with van der Waals surface area (Å²) in [6.07, 6.45) is 0.784. The largest absolute Gasteiger partial charge is 0.493 e. The standard InChI is InChI=1S/C19H22ClNO3/c1-13(2)24-17-9-6-15(12-18(17)23-3)19(22)21-11-10-14-4-7-16(20)8-5-14/h4-9,12-13H,10-11H2,1-3H3,(H,21,22). The Morgan fingerprint density at radius 2 is 1.83 bits per heavy atom. The first-order chi connectivity index (χ1) is 11.5. The number of methoxy groups -OCH3 is 1. The molecule has 0 saturated carbocycles. The van der Waals surface area contributed by atoms with E-state index in [1.165, 1.54) is 0 Å². The van der Waals surface area contributed by atoms with Crippen molar-refractivity contribution in [3.8, 4) is 11.5 Å². The van der Waals surface area contributed by atoms with Gasteiger partial charge in [0.1, 0.15) is 0 Å². The van der Waals surface area contributed by atoms with E-state index in [9.17, 15) is 4.79 Å². The molecule has 0 aliphatic rings. The molecule has 0 aromatic heterocycles. The highest BCUT2D eigenvalue weighted by Crippen LogP contribution is 2.28. The van der Waals surface area contributed by atoms with Crippen LogP contribution in [-0.2, 0) is 6.42 Å². The monoisotopic (exact) mass is 347 g/mol. The van der Waals surface area contributed by atoms with Crippen molar-refractivity contribution in [3.63, 3.8) is 0 Å². The molecule has 1 amide bonds. The molecule has 24 heavy (non-hydrogen) atoms. The molecule has 2 aromatic carbocycles. The van der Waals surface area contributed by atoms with Gasteiger partial charge in [-0.1, -0.05) is 23.7 Å². The Morgan fingerprint density at radius 1 is 1.12 bits per heavy atom. The number of carbonyl (C=O) groups excluding carboxylic acids is 1. The molecule has 2 aromatic rings. The maximum Gasteiger partial charge on any atom is 0.251 e. The predicted octanol–water partition coefficient (Wildman–Crippen LogP) is 4.11. The second-order valence-electron chi connectivity index (χ2n) is 5.66. The number of hydrogen-bond acceptors (Lipinski definition) is 3. The molecular formula is C19H22ClNO3. The van der Waals surface area contributed by atoms with Gasteiger partial charge in [-0.15, -0.1) is 0 Å². The predicted molar refractivity (Wildman–Crippen MR) is 96.2 cm³/mol. The van der Waals surface area contributed by atoms with E-state index in [1.54, 1.807) is 25.3 Å². The van der Waals surface area contributed by atoms with Crippen molar-refractivity contribution < 1.29 is 14.3 Å². The van der Waals surface area contributed by atoms with Crippen LogP contribution in [0.2, 0.25) is 5.02 Å². The summed E-state index contributed by atoms with van der Waals surface area (Å²) in [4.78, 5) is 12.3. The van der Waals surface area contributed by atoms with Crippen LogP contribution in [0.3, 0.4) is 0 Å². The Kier molecular flexibility index (Phi) is 6.50. The van der Waals surface area contributed by atoms with Crippen LogP contribution >= 0.6 is 11.6 Å². The lowest BCUT2D eigenvalue weighted by molar-refractivity contribution is 0.0953. The molecule has 0 aliphatic carbocycles. The molecule has 0 saturated heterocycles. The van der Waals surface area contributed by atoms with Crippen molar-refractivity contribution in [1.29, 1.82) is 0 Å². The van der Waals surface area contributed by atoms with Crippen LogP contribution in [0, 0.1) is 0 Å². The summed E-state index contributed by atoms with van der Waals surface area (Å²) in [7, 11) is 1.56. The molecule has 128 valence electrons. The number of benzene rings is 2. The van der Waals surface area contributed by atoms with Crippen LogP contribution in [-0.4, -0.2) is 25.7 Å². The van der Waals surface area contributed by atoms with Crippen LogP contribution in [0.5, 0.6) is 11.5 Å². The number of carbonyl (C=O) groups is 1. The second kappa shape index (κ2) is 8.60.